The van der Waals surface area contributed by atoms with Crippen molar-refractivity contribution >= 4 is 34.4 Å². The topological polar surface area (TPSA) is 157 Å². The number of benzene rings is 4. The fourth-order valence-corrected chi connectivity index (χ4v) is 6.53. The molecule has 1 aliphatic rings. The van der Waals surface area contributed by atoms with Crippen molar-refractivity contribution in [3.8, 4) is 11.4 Å². The van der Waals surface area contributed by atoms with E-state index in [1.807, 2.05) is 60.7 Å². The third-order valence-corrected chi connectivity index (χ3v) is 9.17. The quantitative estimate of drug-likeness (QED) is 0.165. The number of phenolic OH excluding ortho intramolecular Hbond substituents is 1. The maximum Gasteiger partial charge on any atom is 0.275 e. The van der Waals surface area contributed by atoms with E-state index in [4.69, 9.17) is 9.47 Å². The van der Waals surface area contributed by atoms with Gasteiger partial charge in [-0.2, -0.15) is 4.68 Å². The van der Waals surface area contributed by atoms with E-state index in [-0.39, 0.29) is 42.1 Å². The van der Waals surface area contributed by atoms with E-state index in [1.54, 1.807) is 41.1 Å². The number of amides is 1. The summed E-state index contributed by atoms with van der Waals surface area (Å²) in [6.45, 7) is 2.04. The predicted molar refractivity (Wildman–Crippen MR) is 178 cm³/mol. The molecule has 0 aliphatic carbocycles. The first kappa shape index (κ1) is 31.4. The van der Waals surface area contributed by atoms with Crippen LogP contribution in [0.2, 0.25) is 0 Å². The Morgan fingerprint density at radius 3 is 2.40 bits per heavy atom. The Balaban J connectivity index is 1.09. The molecule has 0 spiro atoms. The number of para-hydroxylation sites is 2. The van der Waals surface area contributed by atoms with Gasteiger partial charge in [0.25, 0.3) is 5.91 Å². The number of aliphatic hydroxyl groups is 1. The van der Waals surface area contributed by atoms with Gasteiger partial charge in [-0.05, 0) is 70.1 Å². The Morgan fingerprint density at radius 2 is 1.65 bits per heavy atom. The van der Waals surface area contributed by atoms with Gasteiger partial charge in [0.05, 0.1) is 41.7 Å². The van der Waals surface area contributed by atoms with Crippen LogP contribution < -0.4 is 5.32 Å². The highest BCUT2D eigenvalue weighted by molar-refractivity contribution is 7.99. The summed E-state index contributed by atoms with van der Waals surface area (Å²) in [6, 6.07) is 29.1. The van der Waals surface area contributed by atoms with Gasteiger partial charge in [-0.25, -0.2) is 4.98 Å². The molecule has 1 amide bonds. The van der Waals surface area contributed by atoms with Crippen molar-refractivity contribution in [1.82, 2.24) is 30.2 Å². The van der Waals surface area contributed by atoms with Crippen LogP contribution in [0, 0.1) is 5.92 Å². The first-order valence-corrected chi connectivity index (χ1v) is 16.3. The van der Waals surface area contributed by atoms with Gasteiger partial charge in [0, 0.05) is 22.9 Å². The molecule has 0 unspecified atom stereocenters. The highest BCUT2D eigenvalue weighted by Gasteiger charge is 2.38. The second-order valence-electron chi connectivity index (χ2n) is 11.3. The molecule has 1 saturated heterocycles. The van der Waals surface area contributed by atoms with Gasteiger partial charge >= 0.3 is 0 Å². The van der Waals surface area contributed by atoms with Crippen molar-refractivity contribution in [3.05, 3.63) is 126 Å². The summed E-state index contributed by atoms with van der Waals surface area (Å²) in [6.07, 6.45) is 0.206. The Hall–Kier alpha value is -5.21. The number of anilines is 1. The van der Waals surface area contributed by atoms with Gasteiger partial charge in [0.1, 0.15) is 11.4 Å². The number of carbonyl (C=O) groups excluding carboxylic acids is 1. The molecule has 7 rings (SSSR count). The third-order valence-electron chi connectivity index (χ3n) is 8.16. The van der Waals surface area contributed by atoms with Gasteiger partial charge in [0.15, 0.2) is 6.29 Å². The van der Waals surface area contributed by atoms with Gasteiger partial charge in [-0.15, -0.1) is 5.10 Å². The van der Waals surface area contributed by atoms with Crippen LogP contribution in [0.5, 0.6) is 5.75 Å². The highest BCUT2D eigenvalue weighted by atomic mass is 32.2. The maximum absolute atomic E-state index is 13.0. The molecule has 12 nitrogen and oxygen atoms in total. The lowest BCUT2D eigenvalue weighted by atomic mass is 9.91. The number of carbonyl (C=O) groups is 1. The van der Waals surface area contributed by atoms with E-state index in [0.29, 0.717) is 22.1 Å². The van der Waals surface area contributed by atoms with Gasteiger partial charge in [0.2, 0.25) is 5.16 Å². The number of rotatable bonds is 9. The summed E-state index contributed by atoms with van der Waals surface area (Å²) in [7, 11) is 0. The molecular formula is C35H31N7O5S. The van der Waals surface area contributed by atoms with Crippen LogP contribution in [0.1, 0.15) is 46.5 Å². The number of thioether (sulfide) groups is 1. The molecule has 0 saturated carbocycles. The summed E-state index contributed by atoms with van der Waals surface area (Å²) in [5, 5.41) is 34.9. The average molecular weight is 662 g/mol. The van der Waals surface area contributed by atoms with E-state index in [0.717, 1.165) is 27.9 Å². The molecule has 0 bridgehead atoms. The fraction of sp³-hybridized carbons (Fsp3) is 0.200. The van der Waals surface area contributed by atoms with Gasteiger partial charge in [-0.3, -0.25) is 9.78 Å². The Labute approximate surface area is 279 Å². The SMILES string of the molecule is C[C@@H]1[C@H](CSc2nnnn2-c2ccc(O)cc2)O[C@H](c2ccc(NC(=O)c3cnc4ccccc4n3)cc2)O[C@@H]1c1ccc(CO)cc1. The predicted octanol–water partition coefficient (Wildman–Crippen LogP) is 5.64. The normalized spacial score (nSPS) is 19.3. The van der Waals surface area contributed by atoms with E-state index in [2.05, 4.69) is 37.7 Å². The van der Waals surface area contributed by atoms with E-state index < -0.39 is 6.29 Å². The first-order valence-electron chi connectivity index (χ1n) is 15.3. The number of tetrazole rings is 1. The van der Waals surface area contributed by atoms with Crippen LogP contribution in [0.4, 0.5) is 5.69 Å². The number of aromatic nitrogens is 6. The molecule has 1 aliphatic heterocycles. The van der Waals surface area contributed by atoms with Crippen molar-refractivity contribution in [1.29, 1.82) is 0 Å². The molecule has 3 N–H and O–H groups in total. The molecule has 242 valence electrons. The summed E-state index contributed by atoms with van der Waals surface area (Å²) in [4.78, 5) is 21.7. The minimum atomic E-state index is -0.696. The number of phenols is 1. The molecule has 13 heteroatoms. The fourth-order valence-electron chi connectivity index (χ4n) is 5.48. The number of fused-ring (bicyclic) bond motifs is 1. The molecule has 1 fully saturated rings. The summed E-state index contributed by atoms with van der Waals surface area (Å²) < 4.78 is 14.8. The Morgan fingerprint density at radius 1 is 0.917 bits per heavy atom. The van der Waals surface area contributed by atoms with Crippen molar-refractivity contribution in [2.24, 2.45) is 5.92 Å². The molecule has 0 radical (unpaired) electrons. The molecule has 2 aromatic heterocycles. The van der Waals surface area contributed by atoms with Gasteiger partial charge in [-0.1, -0.05) is 67.2 Å². The zero-order chi connectivity index (χ0) is 33.0. The molecule has 3 heterocycles. The minimum absolute atomic E-state index is 0.0432. The second-order valence-corrected chi connectivity index (χ2v) is 12.3. The molecule has 48 heavy (non-hydrogen) atoms. The monoisotopic (exact) mass is 661 g/mol. The van der Waals surface area contributed by atoms with E-state index in [1.165, 1.54) is 18.0 Å². The molecular weight excluding hydrogens is 630 g/mol. The van der Waals surface area contributed by atoms with Crippen molar-refractivity contribution in [2.75, 3.05) is 11.1 Å². The van der Waals surface area contributed by atoms with Crippen LogP contribution in [-0.4, -0.2) is 58.2 Å². The molecule has 4 aromatic carbocycles. The second kappa shape index (κ2) is 13.9. The summed E-state index contributed by atoms with van der Waals surface area (Å²) in [5.41, 5.74) is 5.46. The third kappa shape index (κ3) is 6.75. The first-order chi connectivity index (χ1) is 23.4. The van der Waals surface area contributed by atoms with Crippen LogP contribution in [0.25, 0.3) is 16.7 Å². The highest BCUT2D eigenvalue weighted by Crippen LogP contribution is 2.43. The Kier molecular flexibility index (Phi) is 9.07. The number of ether oxygens (including phenoxy) is 2. The number of hydrogen-bond acceptors (Lipinski definition) is 11. The van der Waals surface area contributed by atoms with Crippen LogP contribution in [0.3, 0.4) is 0 Å². The number of nitrogens with one attached hydrogen (secondary N) is 1. The lowest BCUT2D eigenvalue weighted by molar-refractivity contribution is -0.268. The molecule has 6 aromatic rings. The van der Waals surface area contributed by atoms with Crippen molar-refractivity contribution in [2.45, 2.75) is 37.2 Å². The summed E-state index contributed by atoms with van der Waals surface area (Å²) in [5.74, 6) is 0.279. The zero-order valence-electron chi connectivity index (χ0n) is 25.7. The number of aromatic hydroxyl groups is 1. The van der Waals surface area contributed by atoms with Crippen LogP contribution >= 0.6 is 11.8 Å². The minimum Gasteiger partial charge on any atom is -0.508 e. The van der Waals surface area contributed by atoms with Gasteiger partial charge < -0.3 is 25.0 Å². The maximum atomic E-state index is 13.0. The number of nitrogens with zero attached hydrogens (tertiary/aromatic N) is 6. The number of aliphatic hydroxyl groups excluding tert-OH is 1. The lowest BCUT2D eigenvalue weighted by Gasteiger charge is -2.41. The molecule has 4 atom stereocenters. The Bertz CT molecular complexity index is 2020. The van der Waals surface area contributed by atoms with Crippen molar-refractivity contribution < 1.29 is 24.5 Å². The summed E-state index contributed by atoms with van der Waals surface area (Å²) >= 11 is 1.46. The van der Waals surface area contributed by atoms with E-state index >= 15 is 0 Å². The standard InChI is InChI=1S/C35H31N7O5S/c1-21-31(20-48-35-39-40-41-42(35)26-14-16-27(44)17-15-26)46-34(47-32(21)23-8-6-22(19-43)7-9-23)24-10-12-25(13-11-24)37-33(45)30-18-36-28-4-2-3-5-29(28)38-30/h2-18,21,31-32,34,43-44H,19-20H2,1H3,(H,37,45)/t21-,31+,32+,34+/m1/s1. The number of hydrogen-bond donors (Lipinski definition) is 3. The average Bonchev–Trinajstić information content (AvgIpc) is 3.60. The van der Waals surface area contributed by atoms with Crippen LogP contribution in [-0.2, 0) is 16.1 Å². The zero-order valence-corrected chi connectivity index (χ0v) is 26.6. The van der Waals surface area contributed by atoms with E-state index in [9.17, 15) is 15.0 Å². The van der Waals surface area contributed by atoms with Crippen LogP contribution in [0.15, 0.2) is 108 Å². The van der Waals surface area contributed by atoms with Crippen molar-refractivity contribution in [3.63, 3.8) is 0 Å². The lowest BCUT2D eigenvalue weighted by Crippen LogP contribution is -2.38. The smallest absolute Gasteiger partial charge is 0.275 e. The largest absolute Gasteiger partial charge is 0.508 e.